The van der Waals surface area contributed by atoms with E-state index in [1.54, 1.807) is 0 Å². The lowest BCUT2D eigenvalue weighted by Crippen LogP contribution is -2.29. The highest BCUT2D eigenvalue weighted by atomic mass is 16.6. The normalized spacial score (nSPS) is 18.2. The van der Waals surface area contributed by atoms with Crippen molar-refractivity contribution in [2.75, 3.05) is 0 Å². The molecule has 0 spiro atoms. The maximum atomic E-state index is 11.4. The van der Waals surface area contributed by atoms with E-state index in [0.29, 0.717) is 0 Å². The van der Waals surface area contributed by atoms with Gasteiger partial charge in [-0.2, -0.15) is 4.99 Å². The Morgan fingerprint density at radius 2 is 2.12 bits per heavy atom. The van der Waals surface area contributed by atoms with Crippen LogP contribution in [0.3, 0.4) is 0 Å². The molecule has 1 unspecified atom stereocenters. The number of hydrogen-bond donors (Lipinski definition) is 0. The lowest BCUT2D eigenvalue weighted by Gasteiger charge is -2.07. The largest absolute Gasteiger partial charge is 0.458 e. The third kappa shape index (κ3) is 2.25. The second-order valence-electron chi connectivity index (χ2n) is 3.18. The molecule has 1 aliphatic rings. The highest BCUT2D eigenvalue weighted by Crippen LogP contribution is 2.06. The van der Waals surface area contributed by atoms with Crippen LogP contribution >= 0.6 is 0 Å². The van der Waals surface area contributed by atoms with E-state index in [4.69, 9.17) is 9.47 Å². The smallest absolute Gasteiger partial charge is 0.357 e. The van der Waals surface area contributed by atoms with Crippen LogP contribution in [0.2, 0.25) is 0 Å². The standard InChI is InChI=1S/C11H9NO4/c13-10-9(16-7-12-10)11(14)15-6-8-4-2-1-3-5-8/h1-5,7,9H,6H2. The number of carbonyl (C=O) groups excluding carboxylic acids is 2. The van der Waals surface area contributed by atoms with Crippen molar-refractivity contribution in [1.82, 2.24) is 0 Å². The van der Waals surface area contributed by atoms with E-state index in [1.165, 1.54) is 0 Å². The maximum absolute atomic E-state index is 11.4. The van der Waals surface area contributed by atoms with E-state index in [9.17, 15) is 9.59 Å². The van der Waals surface area contributed by atoms with Gasteiger partial charge in [0.25, 0.3) is 6.10 Å². The molecule has 0 saturated carbocycles. The van der Waals surface area contributed by atoms with Crippen LogP contribution in [0.1, 0.15) is 5.56 Å². The molecule has 0 radical (unpaired) electrons. The first-order valence-electron chi connectivity index (χ1n) is 4.70. The van der Waals surface area contributed by atoms with Gasteiger partial charge in [-0.1, -0.05) is 30.3 Å². The average molecular weight is 219 g/mol. The molecule has 0 fully saturated rings. The van der Waals surface area contributed by atoms with Crippen molar-refractivity contribution in [2.24, 2.45) is 4.99 Å². The number of rotatable bonds is 3. The van der Waals surface area contributed by atoms with Crippen molar-refractivity contribution < 1.29 is 19.1 Å². The first kappa shape index (κ1) is 10.4. The fourth-order valence-corrected chi connectivity index (χ4v) is 1.23. The van der Waals surface area contributed by atoms with E-state index < -0.39 is 18.0 Å². The van der Waals surface area contributed by atoms with Crippen LogP contribution in [0.4, 0.5) is 0 Å². The monoisotopic (exact) mass is 219 g/mol. The molecule has 0 aliphatic carbocycles. The molecule has 0 aromatic heterocycles. The molecule has 5 nitrogen and oxygen atoms in total. The Morgan fingerprint density at radius 3 is 2.75 bits per heavy atom. The van der Waals surface area contributed by atoms with Gasteiger partial charge in [-0.15, -0.1) is 0 Å². The Labute approximate surface area is 91.7 Å². The topological polar surface area (TPSA) is 65.0 Å². The highest BCUT2D eigenvalue weighted by Gasteiger charge is 2.32. The number of hydrogen-bond acceptors (Lipinski definition) is 4. The molecule has 1 aromatic carbocycles. The Balaban J connectivity index is 1.87. The van der Waals surface area contributed by atoms with Gasteiger partial charge in [0.05, 0.1) is 0 Å². The van der Waals surface area contributed by atoms with Crippen LogP contribution in [0.5, 0.6) is 0 Å². The van der Waals surface area contributed by atoms with Crippen LogP contribution in [-0.4, -0.2) is 24.4 Å². The van der Waals surface area contributed by atoms with Gasteiger partial charge in [0.1, 0.15) is 6.61 Å². The number of ether oxygens (including phenoxy) is 2. The summed E-state index contributed by atoms with van der Waals surface area (Å²) in [5, 5.41) is 0. The van der Waals surface area contributed by atoms with Crippen molar-refractivity contribution >= 4 is 18.3 Å². The molecule has 0 bridgehead atoms. The van der Waals surface area contributed by atoms with Crippen molar-refractivity contribution in [3.8, 4) is 0 Å². The van der Waals surface area contributed by atoms with Crippen LogP contribution in [-0.2, 0) is 25.7 Å². The number of esters is 1. The molecule has 0 saturated heterocycles. The fourth-order valence-electron chi connectivity index (χ4n) is 1.23. The van der Waals surface area contributed by atoms with E-state index in [-0.39, 0.29) is 6.61 Å². The summed E-state index contributed by atoms with van der Waals surface area (Å²) >= 11 is 0. The second-order valence-corrected chi connectivity index (χ2v) is 3.18. The van der Waals surface area contributed by atoms with E-state index >= 15 is 0 Å². The third-order valence-corrected chi connectivity index (χ3v) is 2.04. The quantitative estimate of drug-likeness (QED) is 0.554. The number of carbonyl (C=O) groups is 2. The zero-order chi connectivity index (χ0) is 11.4. The van der Waals surface area contributed by atoms with Gasteiger partial charge in [0, 0.05) is 0 Å². The van der Waals surface area contributed by atoms with Crippen LogP contribution in [0.15, 0.2) is 35.3 Å². The van der Waals surface area contributed by atoms with Crippen LogP contribution < -0.4 is 0 Å². The molecule has 1 amide bonds. The van der Waals surface area contributed by atoms with Gasteiger partial charge in [0.2, 0.25) is 0 Å². The molecule has 1 aromatic rings. The van der Waals surface area contributed by atoms with Gasteiger partial charge >= 0.3 is 11.9 Å². The average Bonchev–Trinajstić information content (AvgIpc) is 2.74. The summed E-state index contributed by atoms with van der Waals surface area (Å²) < 4.78 is 9.62. The molecular formula is C11H9NO4. The minimum absolute atomic E-state index is 0.118. The summed E-state index contributed by atoms with van der Waals surface area (Å²) in [6, 6.07) is 9.18. The van der Waals surface area contributed by atoms with Gasteiger partial charge in [0.15, 0.2) is 6.40 Å². The van der Waals surface area contributed by atoms with Gasteiger partial charge in [-0.05, 0) is 5.56 Å². The van der Waals surface area contributed by atoms with Crippen molar-refractivity contribution in [3.63, 3.8) is 0 Å². The molecule has 1 atom stereocenters. The Morgan fingerprint density at radius 1 is 1.38 bits per heavy atom. The number of aliphatic imine (C=N–C) groups is 1. The van der Waals surface area contributed by atoms with Gasteiger partial charge in [-0.3, -0.25) is 4.79 Å². The number of benzene rings is 1. The van der Waals surface area contributed by atoms with Crippen molar-refractivity contribution in [3.05, 3.63) is 35.9 Å². The van der Waals surface area contributed by atoms with E-state index in [2.05, 4.69) is 4.99 Å². The molecule has 82 valence electrons. The minimum atomic E-state index is -1.23. The van der Waals surface area contributed by atoms with E-state index in [1.807, 2.05) is 30.3 Å². The minimum Gasteiger partial charge on any atom is -0.458 e. The molecule has 1 heterocycles. The summed E-state index contributed by atoms with van der Waals surface area (Å²) in [5.41, 5.74) is 0.849. The zero-order valence-electron chi connectivity index (χ0n) is 8.33. The summed E-state index contributed by atoms with van der Waals surface area (Å²) in [6.07, 6.45) is -0.278. The van der Waals surface area contributed by atoms with Crippen LogP contribution in [0.25, 0.3) is 0 Å². The Bertz CT molecular complexity index is 427. The summed E-state index contributed by atoms with van der Waals surface area (Å²) in [5.74, 6) is -1.34. The van der Waals surface area contributed by atoms with Gasteiger partial charge in [-0.25, -0.2) is 4.79 Å². The second kappa shape index (κ2) is 4.57. The molecule has 2 rings (SSSR count). The SMILES string of the molecule is O=C1N=COC1C(=O)OCc1ccccc1. The highest BCUT2D eigenvalue weighted by molar-refractivity contribution is 6.06. The van der Waals surface area contributed by atoms with Crippen LogP contribution in [0, 0.1) is 0 Å². The fraction of sp³-hybridized carbons (Fsp3) is 0.182. The Kier molecular flexibility index (Phi) is 2.95. The predicted octanol–water partition coefficient (Wildman–Crippen LogP) is 0.683. The lowest BCUT2D eigenvalue weighted by atomic mass is 10.2. The lowest BCUT2D eigenvalue weighted by molar-refractivity contribution is -0.156. The molecule has 16 heavy (non-hydrogen) atoms. The van der Waals surface area contributed by atoms with Crippen molar-refractivity contribution in [2.45, 2.75) is 12.7 Å². The predicted molar refractivity (Wildman–Crippen MR) is 54.6 cm³/mol. The third-order valence-electron chi connectivity index (χ3n) is 2.04. The first-order chi connectivity index (χ1) is 7.77. The number of amides is 1. The number of nitrogens with zero attached hydrogens (tertiary/aromatic N) is 1. The summed E-state index contributed by atoms with van der Waals surface area (Å²) in [7, 11) is 0. The molecular weight excluding hydrogens is 210 g/mol. The maximum Gasteiger partial charge on any atom is 0.357 e. The molecule has 0 N–H and O–H groups in total. The van der Waals surface area contributed by atoms with Crippen molar-refractivity contribution in [1.29, 1.82) is 0 Å². The summed E-state index contributed by atoms with van der Waals surface area (Å²) in [4.78, 5) is 25.7. The van der Waals surface area contributed by atoms with Gasteiger partial charge < -0.3 is 9.47 Å². The first-order valence-corrected chi connectivity index (χ1v) is 4.70. The molecule has 1 aliphatic heterocycles. The zero-order valence-corrected chi connectivity index (χ0v) is 8.33. The molecule has 5 heteroatoms. The van der Waals surface area contributed by atoms with E-state index in [0.717, 1.165) is 12.0 Å². The summed E-state index contributed by atoms with van der Waals surface area (Å²) in [6.45, 7) is 0.118. The Hall–Kier alpha value is -2.17.